The van der Waals surface area contributed by atoms with Crippen molar-refractivity contribution in [2.24, 2.45) is 33.5 Å². The number of hydrogen-bond acceptors (Lipinski definition) is 9. The number of thiophene rings is 2. The van der Waals surface area contributed by atoms with Gasteiger partial charge >= 0.3 is 0 Å². The quantitative estimate of drug-likeness (QED) is 0.122. The summed E-state index contributed by atoms with van der Waals surface area (Å²) in [5, 5.41) is 27.1. The molecule has 0 aliphatic heterocycles. The standard InChI is InChI=1S/C44H49NO7S3/c1-40-16-13-30(46)24-42(40)19-20-44(32(25-42)39(47)35-22-28-8-5-6-9-34(28)54-35)36(40)14-17-41(2)37(44)15-18-43(41,48)27-45(55(49,50)38-10-7-21-53-38)26-29-11-12-31(51-3)23-33(29)52-4/h5-12,19-23,25,30,36-37,46,48H,13-18,24,26-27H2,1-4H3/t30?,36-,37-,40-,41+,42+,43-,44-/m1/s1. The first-order valence-corrected chi connectivity index (χ1v) is 22.5. The Labute approximate surface area is 331 Å². The van der Waals surface area contributed by atoms with Crippen molar-refractivity contribution in [1.29, 1.82) is 0 Å². The van der Waals surface area contributed by atoms with Gasteiger partial charge in [-0.3, -0.25) is 4.79 Å². The Bertz CT molecular complexity index is 2320. The first-order valence-electron chi connectivity index (χ1n) is 19.4. The second-order valence-electron chi connectivity index (χ2n) is 17.2. The van der Waals surface area contributed by atoms with Gasteiger partial charge in [0, 0.05) is 51.2 Å². The summed E-state index contributed by atoms with van der Waals surface area (Å²) in [6, 6.07) is 18.8. The van der Waals surface area contributed by atoms with Gasteiger partial charge in [0.1, 0.15) is 15.7 Å². The van der Waals surface area contributed by atoms with Gasteiger partial charge in [0.05, 0.1) is 30.8 Å². The molecule has 0 radical (unpaired) electrons. The number of benzene rings is 2. The van der Waals surface area contributed by atoms with E-state index in [1.165, 1.54) is 27.0 Å². The first-order chi connectivity index (χ1) is 26.2. The molecular formula is C44H49NO7S3. The fourth-order valence-corrected chi connectivity index (χ4v) is 15.7. The van der Waals surface area contributed by atoms with Gasteiger partial charge in [-0.1, -0.05) is 62.4 Å². The monoisotopic (exact) mass is 799 g/mol. The van der Waals surface area contributed by atoms with Gasteiger partial charge in [0.25, 0.3) is 10.0 Å². The molecule has 2 N–H and O–H groups in total. The van der Waals surface area contributed by atoms with Crippen molar-refractivity contribution < 1.29 is 32.9 Å². The van der Waals surface area contributed by atoms with E-state index in [9.17, 15) is 18.6 Å². The SMILES string of the molecule is COc1ccc(CN(C[C@]2(O)CC[C@H]3[C@]45C=C[C@@]6(C=C4C(=O)c4cc7ccccc7s4)CC(O)CC[C@]6(C)[C@H]5CC[C@@]32C)S(=O)(=O)c2cccs2)c(OC)c1. The lowest BCUT2D eigenvalue weighted by Gasteiger charge is -2.71. The number of methoxy groups -OCH3 is 2. The molecule has 2 aromatic carbocycles. The Kier molecular flexibility index (Phi) is 8.70. The minimum Gasteiger partial charge on any atom is -0.497 e. The molecular weight excluding hydrogens is 751 g/mol. The molecule has 6 aliphatic rings. The number of sulfonamides is 1. The van der Waals surface area contributed by atoms with Gasteiger partial charge in [0.15, 0.2) is 5.78 Å². The number of rotatable bonds is 10. The second-order valence-corrected chi connectivity index (χ2v) is 21.4. The molecule has 8 nitrogen and oxygen atoms in total. The van der Waals surface area contributed by atoms with Gasteiger partial charge in [-0.15, -0.1) is 22.7 Å². The van der Waals surface area contributed by atoms with Crippen LogP contribution in [0.3, 0.4) is 0 Å². The minimum atomic E-state index is -4.02. The average Bonchev–Trinajstić information content (AvgIpc) is 3.93. The Morgan fingerprint density at radius 3 is 2.44 bits per heavy atom. The van der Waals surface area contributed by atoms with Crippen LogP contribution in [0.1, 0.15) is 74.0 Å². The summed E-state index contributed by atoms with van der Waals surface area (Å²) in [6.07, 6.45) is 11.1. The predicted molar refractivity (Wildman–Crippen MR) is 216 cm³/mol. The van der Waals surface area contributed by atoms with E-state index in [2.05, 4.69) is 38.1 Å². The highest BCUT2D eigenvalue weighted by Crippen LogP contribution is 2.78. The number of hydrogen-bond donors (Lipinski definition) is 2. The third-order valence-electron chi connectivity index (χ3n) is 15.0. The number of nitrogens with zero attached hydrogens (tertiary/aromatic N) is 1. The first kappa shape index (κ1) is 37.3. The van der Waals surface area contributed by atoms with Crippen LogP contribution in [0.15, 0.2) is 94.1 Å². The van der Waals surface area contributed by atoms with Crippen molar-refractivity contribution in [3.8, 4) is 11.5 Å². The lowest BCUT2D eigenvalue weighted by Crippen LogP contribution is -2.67. The van der Waals surface area contributed by atoms with Crippen LogP contribution in [-0.4, -0.2) is 61.2 Å². The summed E-state index contributed by atoms with van der Waals surface area (Å²) in [5.41, 5.74) is -1.92. The number of allylic oxidation sites excluding steroid dienone is 4. The maximum Gasteiger partial charge on any atom is 0.252 e. The fourth-order valence-electron chi connectivity index (χ4n) is 12.1. The molecule has 290 valence electrons. The number of ketones is 1. The molecule has 0 saturated heterocycles. The van der Waals surface area contributed by atoms with E-state index in [0.717, 1.165) is 34.9 Å². The van der Waals surface area contributed by atoms with Gasteiger partial charge in [0.2, 0.25) is 0 Å². The maximum atomic E-state index is 15.1. The van der Waals surface area contributed by atoms with Crippen molar-refractivity contribution in [2.75, 3.05) is 20.8 Å². The van der Waals surface area contributed by atoms with Crippen molar-refractivity contribution in [1.82, 2.24) is 4.31 Å². The highest BCUT2D eigenvalue weighted by atomic mass is 32.2. The third-order valence-corrected chi connectivity index (χ3v) is 19.3. The number of fused-ring (bicyclic) bond motifs is 2. The molecule has 2 heterocycles. The van der Waals surface area contributed by atoms with Crippen LogP contribution in [0.5, 0.6) is 11.5 Å². The van der Waals surface area contributed by atoms with Crippen LogP contribution >= 0.6 is 22.7 Å². The van der Waals surface area contributed by atoms with E-state index in [1.54, 1.807) is 43.9 Å². The molecule has 8 atom stereocenters. The number of ether oxygens (including phenoxy) is 2. The molecule has 2 aromatic heterocycles. The molecule has 11 heteroatoms. The Morgan fingerprint density at radius 2 is 1.69 bits per heavy atom. The van der Waals surface area contributed by atoms with Crippen LogP contribution in [0, 0.1) is 33.5 Å². The number of aliphatic hydroxyl groups excluding tert-OH is 1. The van der Waals surface area contributed by atoms with Gasteiger partial charge in [-0.2, -0.15) is 4.31 Å². The fraction of sp³-hybridized carbons (Fsp3) is 0.477. The zero-order chi connectivity index (χ0) is 38.6. The Balaban J connectivity index is 1.15. The second kappa shape index (κ2) is 12.8. The smallest absolute Gasteiger partial charge is 0.252 e. The van der Waals surface area contributed by atoms with Crippen molar-refractivity contribution in [3.05, 3.63) is 100 Å². The van der Waals surface area contributed by atoms with Gasteiger partial charge < -0.3 is 19.7 Å². The summed E-state index contributed by atoms with van der Waals surface area (Å²) in [6.45, 7) is 4.43. The van der Waals surface area contributed by atoms with Crippen LogP contribution in [0.2, 0.25) is 0 Å². The van der Waals surface area contributed by atoms with E-state index in [4.69, 9.17) is 9.47 Å². The van der Waals surface area contributed by atoms with Gasteiger partial charge in [-0.25, -0.2) is 8.42 Å². The van der Waals surface area contributed by atoms with Crippen LogP contribution < -0.4 is 9.47 Å². The topological polar surface area (TPSA) is 113 Å². The Morgan fingerprint density at radius 1 is 0.927 bits per heavy atom. The van der Waals surface area contributed by atoms with E-state index in [0.29, 0.717) is 47.6 Å². The molecule has 0 amide bonds. The zero-order valence-electron chi connectivity index (χ0n) is 31.8. The highest BCUT2D eigenvalue weighted by Gasteiger charge is 2.74. The summed E-state index contributed by atoms with van der Waals surface area (Å²) >= 11 is 2.69. The zero-order valence-corrected chi connectivity index (χ0v) is 34.2. The van der Waals surface area contributed by atoms with E-state index >= 15 is 4.79 Å². The van der Waals surface area contributed by atoms with E-state index < -0.39 is 38.0 Å². The normalized spacial score (nSPS) is 35.0. The third kappa shape index (κ3) is 5.22. The van der Waals surface area contributed by atoms with E-state index in [1.807, 2.05) is 30.3 Å². The highest BCUT2D eigenvalue weighted by molar-refractivity contribution is 7.91. The summed E-state index contributed by atoms with van der Waals surface area (Å²) in [7, 11) is -0.895. The molecule has 10 rings (SSSR count). The number of carbonyl (C=O) groups excluding carboxylic acids is 1. The molecule has 2 spiro atoms. The van der Waals surface area contributed by atoms with Gasteiger partial charge in [-0.05, 0) is 97.2 Å². The maximum absolute atomic E-state index is 15.1. The molecule has 3 saturated carbocycles. The van der Waals surface area contributed by atoms with Crippen LogP contribution in [-0.2, 0) is 16.6 Å². The molecule has 3 fully saturated rings. The lowest BCUT2D eigenvalue weighted by molar-refractivity contribution is -0.173. The van der Waals surface area contributed by atoms with Crippen LogP contribution in [0.4, 0.5) is 0 Å². The predicted octanol–water partition coefficient (Wildman–Crippen LogP) is 8.64. The molecule has 4 aromatic rings. The molecule has 1 unspecified atom stereocenters. The summed E-state index contributed by atoms with van der Waals surface area (Å²) in [4.78, 5) is 15.9. The largest absolute Gasteiger partial charge is 0.497 e. The summed E-state index contributed by atoms with van der Waals surface area (Å²) in [5.74, 6) is 1.15. The van der Waals surface area contributed by atoms with Crippen LogP contribution in [0.25, 0.3) is 10.1 Å². The number of Topliss-reactive ketones (excluding diaryl/α,β-unsaturated/α-hetero) is 1. The van der Waals surface area contributed by atoms with Crippen molar-refractivity contribution in [2.45, 2.75) is 81.3 Å². The molecule has 55 heavy (non-hydrogen) atoms. The Hall–Kier alpha value is -3.32. The average molecular weight is 800 g/mol. The number of aliphatic hydroxyl groups is 2. The van der Waals surface area contributed by atoms with E-state index in [-0.39, 0.29) is 40.3 Å². The number of carbonyl (C=O) groups is 1. The molecule has 2 bridgehead atoms. The van der Waals surface area contributed by atoms with Crippen molar-refractivity contribution in [3.63, 3.8) is 0 Å². The summed E-state index contributed by atoms with van der Waals surface area (Å²) < 4.78 is 42.9. The van der Waals surface area contributed by atoms with Crippen molar-refractivity contribution >= 4 is 48.6 Å². The minimum absolute atomic E-state index is 0.00260. The lowest BCUT2D eigenvalue weighted by atomic mass is 9.32. The molecule has 6 aliphatic carbocycles.